The van der Waals surface area contributed by atoms with E-state index in [4.69, 9.17) is 5.73 Å². The molecular weight excluding hydrogens is 304 g/mol. The maximum atomic E-state index is 13.9. The second-order valence-corrected chi connectivity index (χ2v) is 5.64. The van der Waals surface area contributed by atoms with Crippen molar-refractivity contribution in [2.45, 2.75) is 38.3 Å². The van der Waals surface area contributed by atoms with Gasteiger partial charge in [0.1, 0.15) is 11.6 Å². The number of nitrogens with two attached hydrogens (primary N) is 1. The van der Waals surface area contributed by atoms with Gasteiger partial charge in [-0.3, -0.25) is 9.59 Å². The molecular formula is C16H21F2N3O2. The Morgan fingerprint density at radius 3 is 2.39 bits per heavy atom. The Bertz CT molecular complexity index is 554. The summed E-state index contributed by atoms with van der Waals surface area (Å²) in [5, 5.41) is 2.41. The van der Waals surface area contributed by atoms with Crippen molar-refractivity contribution in [2.75, 3.05) is 13.1 Å². The van der Waals surface area contributed by atoms with E-state index in [9.17, 15) is 18.4 Å². The van der Waals surface area contributed by atoms with Crippen molar-refractivity contribution in [3.63, 3.8) is 0 Å². The molecule has 0 bridgehead atoms. The van der Waals surface area contributed by atoms with Crippen LogP contribution in [0.4, 0.5) is 8.78 Å². The molecule has 1 aliphatic rings. The topological polar surface area (TPSA) is 75.4 Å². The first-order valence-corrected chi connectivity index (χ1v) is 7.72. The molecule has 23 heavy (non-hydrogen) atoms. The molecule has 3 N–H and O–H groups in total. The second kappa shape index (κ2) is 8.01. The van der Waals surface area contributed by atoms with Gasteiger partial charge >= 0.3 is 0 Å². The van der Waals surface area contributed by atoms with Crippen molar-refractivity contribution in [1.82, 2.24) is 10.2 Å². The van der Waals surface area contributed by atoms with Gasteiger partial charge in [0, 0.05) is 11.6 Å². The average molecular weight is 325 g/mol. The van der Waals surface area contributed by atoms with E-state index in [1.807, 2.05) is 0 Å². The Kier molecular flexibility index (Phi) is 6.04. The van der Waals surface area contributed by atoms with Crippen LogP contribution in [0.25, 0.3) is 0 Å². The van der Waals surface area contributed by atoms with Crippen LogP contribution in [-0.4, -0.2) is 35.8 Å². The minimum absolute atomic E-state index is 0.0590. The van der Waals surface area contributed by atoms with Gasteiger partial charge in [-0.2, -0.15) is 0 Å². The summed E-state index contributed by atoms with van der Waals surface area (Å²) in [6.07, 6.45) is 3.55. The number of hydrogen-bond acceptors (Lipinski definition) is 3. The molecule has 1 aromatic rings. The van der Waals surface area contributed by atoms with Crippen LogP contribution in [0.15, 0.2) is 18.2 Å². The Hall–Kier alpha value is -2.02. The van der Waals surface area contributed by atoms with E-state index in [-0.39, 0.29) is 37.1 Å². The molecule has 0 radical (unpaired) electrons. The lowest BCUT2D eigenvalue weighted by Gasteiger charge is -2.29. The van der Waals surface area contributed by atoms with Gasteiger partial charge in [-0.1, -0.05) is 18.9 Å². The summed E-state index contributed by atoms with van der Waals surface area (Å²) in [4.78, 5) is 25.1. The lowest BCUT2D eigenvalue weighted by Crippen LogP contribution is -2.45. The number of halogens is 2. The summed E-state index contributed by atoms with van der Waals surface area (Å²) < 4.78 is 27.7. The lowest BCUT2D eigenvalue weighted by molar-refractivity contribution is -0.135. The molecule has 0 spiro atoms. The number of carbonyl (C=O) groups is 2. The number of nitrogens with one attached hydrogen (secondary N) is 1. The fraction of sp³-hybridized carbons (Fsp3) is 0.500. The van der Waals surface area contributed by atoms with Crippen molar-refractivity contribution in [1.29, 1.82) is 0 Å². The third kappa shape index (κ3) is 4.48. The molecule has 0 atom stereocenters. The first-order chi connectivity index (χ1) is 11.0. The summed E-state index contributed by atoms with van der Waals surface area (Å²) in [5.74, 6) is -2.15. The number of hydrogen-bond donors (Lipinski definition) is 2. The molecule has 2 amide bonds. The fourth-order valence-electron chi connectivity index (χ4n) is 2.84. The van der Waals surface area contributed by atoms with Crippen molar-refractivity contribution in [3.05, 3.63) is 35.4 Å². The normalized spacial score (nSPS) is 14.7. The number of amides is 2. The highest BCUT2D eigenvalue weighted by Crippen LogP contribution is 2.26. The molecule has 126 valence electrons. The molecule has 1 fully saturated rings. The van der Waals surface area contributed by atoms with Gasteiger partial charge in [-0.25, -0.2) is 8.78 Å². The first kappa shape index (κ1) is 17.3. The summed E-state index contributed by atoms with van der Waals surface area (Å²) in [7, 11) is 0. The first-order valence-electron chi connectivity index (χ1n) is 7.72. The van der Waals surface area contributed by atoms with E-state index in [2.05, 4.69) is 5.32 Å². The molecule has 2 rings (SSSR count). The van der Waals surface area contributed by atoms with Crippen molar-refractivity contribution in [2.24, 2.45) is 5.73 Å². The Labute approximate surface area is 133 Å². The van der Waals surface area contributed by atoms with Gasteiger partial charge in [0.25, 0.3) is 0 Å². The quantitative estimate of drug-likeness (QED) is 0.828. The highest BCUT2D eigenvalue weighted by atomic mass is 19.1. The average Bonchev–Trinajstić information content (AvgIpc) is 3.06. The zero-order valence-corrected chi connectivity index (χ0v) is 12.9. The van der Waals surface area contributed by atoms with Gasteiger partial charge in [0.2, 0.25) is 11.8 Å². The maximum absolute atomic E-state index is 13.9. The number of rotatable bonds is 6. The van der Waals surface area contributed by atoms with Crippen LogP contribution in [0.2, 0.25) is 0 Å². The van der Waals surface area contributed by atoms with Gasteiger partial charge in [-0.05, 0) is 25.0 Å². The van der Waals surface area contributed by atoms with E-state index >= 15 is 0 Å². The Morgan fingerprint density at radius 1 is 1.22 bits per heavy atom. The summed E-state index contributed by atoms with van der Waals surface area (Å²) in [5.41, 5.74) is 5.06. The minimum atomic E-state index is -0.674. The van der Waals surface area contributed by atoms with E-state index in [0.717, 1.165) is 25.7 Å². The third-order valence-electron chi connectivity index (χ3n) is 4.10. The molecule has 0 saturated heterocycles. The Morgan fingerprint density at radius 2 is 1.83 bits per heavy atom. The molecule has 1 aliphatic carbocycles. The zero-order chi connectivity index (χ0) is 16.8. The highest BCUT2D eigenvalue weighted by molar-refractivity contribution is 5.85. The summed E-state index contributed by atoms with van der Waals surface area (Å²) in [6.45, 7) is -0.568. The molecule has 0 aliphatic heterocycles. The molecule has 5 nitrogen and oxygen atoms in total. The van der Waals surface area contributed by atoms with Crippen LogP contribution in [0.3, 0.4) is 0 Å². The Balaban J connectivity index is 2.14. The molecule has 1 saturated carbocycles. The number of benzene rings is 1. The third-order valence-corrected chi connectivity index (χ3v) is 4.10. The number of nitrogens with zero attached hydrogens (tertiary/aromatic N) is 1. The van der Waals surface area contributed by atoms with Crippen molar-refractivity contribution < 1.29 is 18.4 Å². The molecule has 1 aromatic carbocycles. The molecule has 7 heteroatoms. The number of carbonyl (C=O) groups excluding carboxylic acids is 2. The SMILES string of the molecule is NCC(=O)NCC(=O)N(Cc1c(F)cccc1F)C1CCCC1. The monoisotopic (exact) mass is 325 g/mol. The smallest absolute Gasteiger partial charge is 0.242 e. The van der Waals surface area contributed by atoms with Crippen LogP contribution in [0.1, 0.15) is 31.2 Å². The highest BCUT2D eigenvalue weighted by Gasteiger charge is 2.28. The molecule has 0 heterocycles. The standard InChI is InChI=1S/C16H21F2N3O2/c17-13-6-3-7-14(18)12(13)10-21(11-4-1-2-5-11)16(23)9-20-15(22)8-19/h3,6-7,11H,1-2,4-5,8-10,19H2,(H,20,22). The van der Waals surface area contributed by atoms with Crippen LogP contribution in [0, 0.1) is 11.6 Å². The maximum Gasteiger partial charge on any atom is 0.242 e. The van der Waals surface area contributed by atoms with E-state index in [1.54, 1.807) is 0 Å². The molecule has 0 unspecified atom stereocenters. The van der Waals surface area contributed by atoms with Crippen LogP contribution in [-0.2, 0) is 16.1 Å². The predicted octanol–water partition coefficient (Wildman–Crippen LogP) is 1.31. The zero-order valence-electron chi connectivity index (χ0n) is 12.9. The van der Waals surface area contributed by atoms with Crippen LogP contribution in [0.5, 0.6) is 0 Å². The van der Waals surface area contributed by atoms with E-state index in [0.29, 0.717) is 0 Å². The largest absolute Gasteiger partial charge is 0.346 e. The fourth-order valence-corrected chi connectivity index (χ4v) is 2.84. The van der Waals surface area contributed by atoms with Crippen molar-refractivity contribution >= 4 is 11.8 Å². The van der Waals surface area contributed by atoms with Crippen LogP contribution >= 0.6 is 0 Å². The summed E-state index contributed by atoms with van der Waals surface area (Å²) >= 11 is 0. The van der Waals surface area contributed by atoms with Gasteiger partial charge < -0.3 is 16.0 Å². The second-order valence-electron chi connectivity index (χ2n) is 5.64. The van der Waals surface area contributed by atoms with Gasteiger partial charge in [-0.15, -0.1) is 0 Å². The lowest BCUT2D eigenvalue weighted by atomic mass is 10.1. The predicted molar refractivity (Wildman–Crippen MR) is 81.2 cm³/mol. The van der Waals surface area contributed by atoms with Gasteiger partial charge in [0.05, 0.1) is 19.6 Å². The summed E-state index contributed by atoms with van der Waals surface area (Å²) in [6, 6.07) is 3.58. The minimum Gasteiger partial charge on any atom is -0.346 e. The van der Waals surface area contributed by atoms with Crippen LogP contribution < -0.4 is 11.1 Å². The van der Waals surface area contributed by atoms with Crippen molar-refractivity contribution in [3.8, 4) is 0 Å². The van der Waals surface area contributed by atoms with Gasteiger partial charge in [0.15, 0.2) is 0 Å². The molecule has 0 aromatic heterocycles. The van der Waals surface area contributed by atoms with E-state index in [1.165, 1.54) is 23.1 Å². The van der Waals surface area contributed by atoms with E-state index < -0.39 is 17.5 Å².